The van der Waals surface area contributed by atoms with E-state index < -0.39 is 11.9 Å². The van der Waals surface area contributed by atoms with Crippen molar-refractivity contribution < 1.29 is 19.1 Å². The number of benzene rings is 11. The summed E-state index contributed by atoms with van der Waals surface area (Å²) in [7, 11) is 0. The lowest BCUT2D eigenvalue weighted by Crippen LogP contribution is -2.16. The van der Waals surface area contributed by atoms with Crippen LogP contribution >= 0.6 is 0 Å². The number of rotatable bonds is 4. The van der Waals surface area contributed by atoms with Crippen molar-refractivity contribution in [2.75, 3.05) is 13.2 Å². The summed E-state index contributed by atoms with van der Waals surface area (Å²) in [5.74, 6) is -1.10. The molecule has 11 aromatic carbocycles. The van der Waals surface area contributed by atoms with Crippen LogP contribution in [0.3, 0.4) is 0 Å². The topological polar surface area (TPSA) is 52.6 Å². The third-order valence-electron chi connectivity index (χ3n) is 11.8. The predicted octanol–water partition coefficient (Wildman–Crippen LogP) is 13.6. The third-order valence-corrected chi connectivity index (χ3v) is 11.8. The normalized spacial score (nSPS) is 12.0. The van der Waals surface area contributed by atoms with E-state index >= 15 is 0 Å². The molecule has 0 bridgehead atoms. The zero-order valence-corrected chi connectivity index (χ0v) is 30.9. The monoisotopic (exact) mass is 722 g/mol. The fourth-order valence-electron chi connectivity index (χ4n) is 9.64. The predicted molar refractivity (Wildman–Crippen MR) is 233 cm³/mol. The van der Waals surface area contributed by atoms with Crippen LogP contribution in [0.1, 0.15) is 34.6 Å². The second-order valence-corrected chi connectivity index (χ2v) is 14.5. The Morgan fingerprint density at radius 2 is 0.589 bits per heavy atom. The molecule has 0 saturated heterocycles. The van der Waals surface area contributed by atoms with Crippen molar-refractivity contribution in [2.24, 2.45) is 0 Å². The fraction of sp³-hybridized carbons (Fsp3) is 0.0769. The van der Waals surface area contributed by atoms with E-state index in [0.29, 0.717) is 10.8 Å². The maximum atomic E-state index is 14.8. The van der Waals surface area contributed by atoms with Crippen LogP contribution in [0.15, 0.2) is 146 Å². The number of esters is 2. The lowest BCUT2D eigenvalue weighted by atomic mass is 9.79. The van der Waals surface area contributed by atoms with Gasteiger partial charge in [-0.15, -0.1) is 0 Å². The summed E-state index contributed by atoms with van der Waals surface area (Å²) >= 11 is 0. The van der Waals surface area contributed by atoms with Crippen LogP contribution in [0.25, 0.3) is 108 Å². The lowest BCUT2D eigenvalue weighted by molar-refractivity contribution is 0.0483. The van der Waals surface area contributed by atoms with E-state index in [1.807, 2.05) is 0 Å². The minimum absolute atomic E-state index is 0.148. The molecule has 0 unspecified atom stereocenters. The molecule has 0 atom stereocenters. The van der Waals surface area contributed by atoms with E-state index in [1.54, 1.807) is 13.8 Å². The average molecular weight is 723 g/mol. The van der Waals surface area contributed by atoms with Crippen molar-refractivity contribution in [1.82, 2.24) is 0 Å². The highest BCUT2D eigenvalue weighted by molar-refractivity contribution is 6.49. The number of hydrogen-bond donors (Lipinski definition) is 0. The first-order chi connectivity index (χ1) is 27.6. The summed E-state index contributed by atoms with van der Waals surface area (Å²) < 4.78 is 11.9. The maximum Gasteiger partial charge on any atom is 0.339 e. The molecule has 0 aromatic heterocycles. The molecule has 0 amide bonds. The zero-order chi connectivity index (χ0) is 37.7. The SMILES string of the molecule is CCOC(=O)c1c(C(=O)OCC)c2c3ccc4ccccc4c3c3c4ccccc4ccc3c2c2c3ccc4ccccc4c3c3c4ccccc4ccc3c12. The van der Waals surface area contributed by atoms with Gasteiger partial charge >= 0.3 is 11.9 Å². The van der Waals surface area contributed by atoms with E-state index in [2.05, 4.69) is 146 Å². The van der Waals surface area contributed by atoms with Crippen molar-refractivity contribution in [3.8, 4) is 0 Å². The van der Waals surface area contributed by atoms with Crippen molar-refractivity contribution in [1.29, 1.82) is 0 Å². The minimum atomic E-state index is -0.551. The van der Waals surface area contributed by atoms with E-state index in [9.17, 15) is 9.59 Å². The molecule has 0 saturated carbocycles. The highest BCUT2D eigenvalue weighted by atomic mass is 16.5. The molecule has 11 rings (SSSR count). The molecular weight excluding hydrogens is 689 g/mol. The molecule has 4 nitrogen and oxygen atoms in total. The van der Waals surface area contributed by atoms with E-state index in [-0.39, 0.29) is 24.3 Å². The Morgan fingerprint density at radius 3 is 0.875 bits per heavy atom. The van der Waals surface area contributed by atoms with Gasteiger partial charge in [0.2, 0.25) is 0 Å². The smallest absolute Gasteiger partial charge is 0.339 e. The molecule has 56 heavy (non-hydrogen) atoms. The molecule has 0 aliphatic rings. The van der Waals surface area contributed by atoms with Crippen molar-refractivity contribution in [3.05, 3.63) is 157 Å². The standard InChI is InChI=1S/C52H34O4/c1-3-55-51(53)49-47-39-27-23-31-15-7-11-19-35(31)43(39)41-33-17-9-5-13-29(33)21-25-37(41)45(47)46-38-26-22-30-14-6-10-18-34(30)42(38)44-36-20-12-8-16-32(36)24-28-40(44)48(46)50(49)52(54)56-4-2/h5-28H,3-4H2,1-2H3. The summed E-state index contributed by atoms with van der Waals surface area (Å²) in [6.45, 7) is 3.90. The Hall–Kier alpha value is -7.04. The number of hydrogen-bond acceptors (Lipinski definition) is 4. The molecular formula is C52H34O4. The van der Waals surface area contributed by atoms with E-state index in [0.717, 1.165) is 97.0 Å². The van der Waals surface area contributed by atoms with Crippen LogP contribution < -0.4 is 0 Å². The summed E-state index contributed by atoms with van der Waals surface area (Å²) in [5, 5.41) is 20.1. The summed E-state index contributed by atoms with van der Waals surface area (Å²) in [6.07, 6.45) is 0. The number of carbonyl (C=O) groups is 2. The second-order valence-electron chi connectivity index (χ2n) is 14.5. The highest BCUT2D eigenvalue weighted by Gasteiger charge is 2.32. The van der Waals surface area contributed by atoms with Gasteiger partial charge in [0.25, 0.3) is 0 Å². The van der Waals surface area contributed by atoms with Gasteiger partial charge in [-0.1, -0.05) is 146 Å². The molecule has 0 spiro atoms. The molecule has 11 aromatic rings. The Bertz CT molecular complexity index is 3310. The van der Waals surface area contributed by atoms with E-state index in [4.69, 9.17) is 9.47 Å². The number of ether oxygens (including phenoxy) is 2. The molecule has 0 aliphatic heterocycles. The fourth-order valence-corrected chi connectivity index (χ4v) is 9.64. The number of fused-ring (bicyclic) bond motifs is 21. The summed E-state index contributed by atoms with van der Waals surface area (Å²) in [4.78, 5) is 29.7. The molecule has 0 N–H and O–H groups in total. The average Bonchev–Trinajstić information content (AvgIpc) is 3.24. The Morgan fingerprint density at radius 1 is 0.321 bits per heavy atom. The van der Waals surface area contributed by atoms with Crippen LogP contribution in [-0.4, -0.2) is 25.2 Å². The second kappa shape index (κ2) is 12.2. The van der Waals surface area contributed by atoms with Crippen LogP contribution in [-0.2, 0) is 9.47 Å². The van der Waals surface area contributed by atoms with Gasteiger partial charge in [-0.05, 0) is 111 Å². The van der Waals surface area contributed by atoms with Crippen molar-refractivity contribution >= 4 is 120 Å². The molecule has 0 heterocycles. The van der Waals surface area contributed by atoms with Gasteiger partial charge in [0.05, 0.1) is 24.3 Å². The highest BCUT2D eigenvalue weighted by Crippen LogP contribution is 2.52. The van der Waals surface area contributed by atoms with Gasteiger partial charge in [0.15, 0.2) is 0 Å². The first-order valence-corrected chi connectivity index (χ1v) is 19.3. The summed E-state index contributed by atoms with van der Waals surface area (Å²) in [5.41, 5.74) is 0.468. The largest absolute Gasteiger partial charge is 0.462 e. The van der Waals surface area contributed by atoms with Gasteiger partial charge in [-0.2, -0.15) is 0 Å². The summed E-state index contributed by atoms with van der Waals surface area (Å²) in [6, 6.07) is 51.1. The molecule has 0 radical (unpaired) electrons. The Balaban J connectivity index is 1.59. The van der Waals surface area contributed by atoms with Crippen LogP contribution in [0, 0.1) is 0 Å². The maximum absolute atomic E-state index is 14.8. The minimum Gasteiger partial charge on any atom is -0.462 e. The van der Waals surface area contributed by atoms with Crippen LogP contribution in [0.5, 0.6) is 0 Å². The first-order valence-electron chi connectivity index (χ1n) is 19.3. The van der Waals surface area contributed by atoms with Crippen molar-refractivity contribution in [2.45, 2.75) is 13.8 Å². The lowest BCUT2D eigenvalue weighted by Gasteiger charge is -2.24. The van der Waals surface area contributed by atoms with Gasteiger partial charge in [0, 0.05) is 10.8 Å². The van der Waals surface area contributed by atoms with Crippen molar-refractivity contribution in [3.63, 3.8) is 0 Å². The van der Waals surface area contributed by atoms with Gasteiger partial charge in [-0.25, -0.2) is 9.59 Å². The zero-order valence-electron chi connectivity index (χ0n) is 30.9. The molecule has 266 valence electrons. The van der Waals surface area contributed by atoms with Crippen LogP contribution in [0.4, 0.5) is 0 Å². The van der Waals surface area contributed by atoms with Gasteiger partial charge < -0.3 is 9.47 Å². The van der Waals surface area contributed by atoms with Crippen LogP contribution in [0.2, 0.25) is 0 Å². The molecule has 0 fully saturated rings. The molecule has 0 aliphatic carbocycles. The third kappa shape index (κ3) is 4.35. The van der Waals surface area contributed by atoms with E-state index in [1.165, 1.54) is 0 Å². The van der Waals surface area contributed by atoms with Gasteiger partial charge in [0.1, 0.15) is 0 Å². The Kier molecular flexibility index (Phi) is 7.08. The van der Waals surface area contributed by atoms with Gasteiger partial charge in [-0.3, -0.25) is 0 Å². The first kappa shape index (κ1) is 32.4. The quantitative estimate of drug-likeness (QED) is 0.134. The number of carbonyl (C=O) groups excluding carboxylic acids is 2. The molecule has 4 heteroatoms. The Labute approximate surface area is 321 Å².